The normalized spacial score (nSPS) is 11.2. The number of nitrogens with zero attached hydrogens (tertiary/aromatic N) is 5. The molecular formula is C19H21N7O2S. The van der Waals surface area contributed by atoms with Crippen LogP contribution in [0.25, 0.3) is 5.82 Å². The van der Waals surface area contributed by atoms with Gasteiger partial charge in [0.05, 0.1) is 16.2 Å². The molecule has 0 saturated carbocycles. The standard InChI is InChI=1S/C19H21N7O2S/c1-13-14(2)25-26(15(13)3)19-9-8-18(23-24-19)21-10-11-22-29(27,28)17-7-5-4-6-16(17)12-20/h4-9,22H,10-11H2,1-3H3,(H,21,23). The van der Waals surface area contributed by atoms with Gasteiger partial charge in [-0.05, 0) is 50.6 Å². The summed E-state index contributed by atoms with van der Waals surface area (Å²) in [5, 5.41) is 24.8. The van der Waals surface area contributed by atoms with Crippen molar-refractivity contribution in [1.82, 2.24) is 24.7 Å². The summed E-state index contributed by atoms with van der Waals surface area (Å²) in [5.41, 5.74) is 3.16. The number of nitriles is 1. The molecule has 0 bridgehead atoms. The lowest BCUT2D eigenvalue weighted by Gasteiger charge is -2.09. The second kappa shape index (κ2) is 8.38. The maximum Gasteiger partial charge on any atom is 0.241 e. The molecule has 0 atom stereocenters. The van der Waals surface area contributed by atoms with Crippen molar-refractivity contribution in [1.29, 1.82) is 5.26 Å². The van der Waals surface area contributed by atoms with Crippen LogP contribution in [0.15, 0.2) is 41.3 Å². The van der Waals surface area contributed by atoms with Gasteiger partial charge >= 0.3 is 0 Å². The minimum atomic E-state index is -3.77. The van der Waals surface area contributed by atoms with Crippen molar-refractivity contribution in [3.8, 4) is 11.9 Å². The molecule has 9 nitrogen and oxygen atoms in total. The number of anilines is 1. The zero-order valence-electron chi connectivity index (χ0n) is 16.3. The smallest absolute Gasteiger partial charge is 0.241 e. The molecule has 0 unspecified atom stereocenters. The van der Waals surface area contributed by atoms with Gasteiger partial charge in [0.1, 0.15) is 11.9 Å². The second-order valence-corrected chi connectivity index (χ2v) is 8.15. The van der Waals surface area contributed by atoms with Gasteiger partial charge in [0.25, 0.3) is 0 Å². The van der Waals surface area contributed by atoms with E-state index in [0.717, 1.165) is 17.0 Å². The number of benzene rings is 1. The highest BCUT2D eigenvalue weighted by Crippen LogP contribution is 2.16. The zero-order valence-corrected chi connectivity index (χ0v) is 17.2. The van der Waals surface area contributed by atoms with Gasteiger partial charge in [-0.2, -0.15) is 10.4 Å². The van der Waals surface area contributed by atoms with Crippen molar-refractivity contribution in [2.75, 3.05) is 18.4 Å². The summed E-state index contributed by atoms with van der Waals surface area (Å²) < 4.78 is 28.9. The number of sulfonamides is 1. The first-order valence-corrected chi connectivity index (χ1v) is 10.4. The molecule has 150 valence electrons. The highest BCUT2D eigenvalue weighted by molar-refractivity contribution is 7.89. The Morgan fingerprint density at radius 3 is 2.45 bits per heavy atom. The van der Waals surface area contributed by atoms with Crippen LogP contribution >= 0.6 is 0 Å². The third-order valence-electron chi connectivity index (χ3n) is 4.54. The van der Waals surface area contributed by atoms with Crippen molar-refractivity contribution < 1.29 is 8.42 Å². The molecule has 29 heavy (non-hydrogen) atoms. The van der Waals surface area contributed by atoms with Crippen LogP contribution in [0.4, 0.5) is 5.82 Å². The summed E-state index contributed by atoms with van der Waals surface area (Å²) in [6.07, 6.45) is 0. The molecule has 2 N–H and O–H groups in total. The largest absolute Gasteiger partial charge is 0.367 e. The van der Waals surface area contributed by atoms with E-state index in [1.54, 1.807) is 28.9 Å². The van der Waals surface area contributed by atoms with Crippen LogP contribution in [0, 0.1) is 32.1 Å². The van der Waals surface area contributed by atoms with Crippen molar-refractivity contribution >= 4 is 15.8 Å². The number of aryl methyl sites for hydroxylation is 1. The molecular weight excluding hydrogens is 390 g/mol. The number of hydrogen-bond acceptors (Lipinski definition) is 7. The van der Waals surface area contributed by atoms with Gasteiger partial charge in [0, 0.05) is 18.8 Å². The lowest BCUT2D eigenvalue weighted by molar-refractivity contribution is 0.582. The fourth-order valence-corrected chi connectivity index (χ4v) is 3.91. The summed E-state index contributed by atoms with van der Waals surface area (Å²) in [6.45, 7) is 6.36. The van der Waals surface area contributed by atoms with Gasteiger partial charge in [0.2, 0.25) is 10.0 Å². The van der Waals surface area contributed by atoms with E-state index in [2.05, 4.69) is 25.3 Å². The van der Waals surface area contributed by atoms with Crippen molar-refractivity contribution in [2.24, 2.45) is 0 Å². The van der Waals surface area contributed by atoms with E-state index in [1.807, 2.05) is 26.8 Å². The predicted octanol–water partition coefficient (Wildman–Crippen LogP) is 1.85. The van der Waals surface area contributed by atoms with E-state index < -0.39 is 10.0 Å². The molecule has 10 heteroatoms. The number of hydrogen-bond donors (Lipinski definition) is 2. The maximum atomic E-state index is 12.4. The molecule has 0 aliphatic rings. The van der Waals surface area contributed by atoms with Gasteiger partial charge in [0.15, 0.2) is 5.82 Å². The highest BCUT2D eigenvalue weighted by atomic mass is 32.2. The summed E-state index contributed by atoms with van der Waals surface area (Å²) in [5.74, 6) is 1.13. The highest BCUT2D eigenvalue weighted by Gasteiger charge is 2.17. The van der Waals surface area contributed by atoms with Gasteiger partial charge in [-0.15, -0.1) is 10.2 Å². The molecule has 2 heterocycles. The first kappa shape index (κ1) is 20.4. The third kappa shape index (κ3) is 4.42. The molecule has 0 spiro atoms. The van der Waals surface area contributed by atoms with Crippen LogP contribution in [0.1, 0.15) is 22.5 Å². The third-order valence-corrected chi connectivity index (χ3v) is 6.06. The molecule has 0 fully saturated rings. The fourth-order valence-electron chi connectivity index (χ4n) is 2.72. The van der Waals surface area contributed by atoms with Crippen molar-refractivity contribution in [3.05, 3.63) is 58.9 Å². The average Bonchev–Trinajstić information content (AvgIpc) is 2.99. The van der Waals surface area contributed by atoms with E-state index in [1.165, 1.54) is 12.1 Å². The second-order valence-electron chi connectivity index (χ2n) is 6.42. The quantitative estimate of drug-likeness (QED) is 0.568. The zero-order chi connectivity index (χ0) is 21.0. The summed E-state index contributed by atoms with van der Waals surface area (Å²) in [4.78, 5) is -0.0353. The Balaban J connectivity index is 1.58. The number of aromatic nitrogens is 4. The van der Waals surface area contributed by atoms with Gasteiger partial charge in [-0.3, -0.25) is 0 Å². The monoisotopic (exact) mass is 411 g/mol. The number of nitrogens with one attached hydrogen (secondary N) is 2. The summed E-state index contributed by atoms with van der Waals surface area (Å²) in [7, 11) is -3.77. The van der Waals surface area contributed by atoms with Gasteiger partial charge < -0.3 is 5.32 Å². The van der Waals surface area contributed by atoms with Crippen LogP contribution in [0.5, 0.6) is 0 Å². The Kier molecular flexibility index (Phi) is 5.91. The number of rotatable bonds is 7. The minimum Gasteiger partial charge on any atom is -0.367 e. The molecule has 0 radical (unpaired) electrons. The first-order valence-electron chi connectivity index (χ1n) is 8.93. The summed E-state index contributed by atoms with van der Waals surface area (Å²) in [6, 6.07) is 11.5. The SMILES string of the molecule is Cc1nn(-c2ccc(NCCNS(=O)(=O)c3ccccc3C#N)nn2)c(C)c1C. The minimum absolute atomic E-state index is 0.0353. The van der Waals surface area contributed by atoms with E-state index >= 15 is 0 Å². The van der Waals surface area contributed by atoms with Crippen molar-refractivity contribution in [3.63, 3.8) is 0 Å². The Morgan fingerprint density at radius 1 is 1.07 bits per heavy atom. The van der Waals surface area contributed by atoms with Gasteiger partial charge in [-0.1, -0.05) is 12.1 Å². The van der Waals surface area contributed by atoms with E-state index in [9.17, 15) is 8.42 Å². The molecule has 0 amide bonds. The van der Waals surface area contributed by atoms with Crippen LogP contribution in [-0.4, -0.2) is 41.5 Å². The average molecular weight is 411 g/mol. The van der Waals surface area contributed by atoms with Crippen molar-refractivity contribution in [2.45, 2.75) is 25.7 Å². The van der Waals surface area contributed by atoms with Gasteiger partial charge in [-0.25, -0.2) is 17.8 Å². The lowest BCUT2D eigenvalue weighted by Crippen LogP contribution is -2.29. The van der Waals surface area contributed by atoms with E-state index in [4.69, 9.17) is 5.26 Å². The van der Waals surface area contributed by atoms with E-state index in [0.29, 0.717) is 18.2 Å². The van der Waals surface area contributed by atoms with Crippen LogP contribution in [0.3, 0.4) is 0 Å². The molecule has 2 aromatic heterocycles. The lowest BCUT2D eigenvalue weighted by atomic mass is 10.2. The molecule has 1 aromatic carbocycles. The van der Waals surface area contributed by atoms with Crippen LogP contribution in [0.2, 0.25) is 0 Å². The Morgan fingerprint density at radius 2 is 1.83 bits per heavy atom. The Hall–Kier alpha value is -3.29. The Bertz CT molecular complexity index is 1160. The molecule has 0 aliphatic carbocycles. The summed E-state index contributed by atoms with van der Waals surface area (Å²) >= 11 is 0. The Labute approximate surface area is 169 Å². The van der Waals surface area contributed by atoms with Crippen LogP contribution < -0.4 is 10.0 Å². The molecule has 3 rings (SSSR count). The van der Waals surface area contributed by atoms with Crippen LogP contribution in [-0.2, 0) is 10.0 Å². The molecule has 0 aliphatic heterocycles. The van der Waals surface area contributed by atoms with E-state index in [-0.39, 0.29) is 17.0 Å². The first-order chi connectivity index (χ1) is 13.8. The fraction of sp³-hybridized carbons (Fsp3) is 0.263. The maximum absolute atomic E-state index is 12.4. The molecule has 3 aromatic rings. The predicted molar refractivity (Wildman–Crippen MR) is 108 cm³/mol. The molecule has 0 saturated heterocycles. The topological polar surface area (TPSA) is 126 Å².